The molecule has 0 radical (unpaired) electrons. The molecule has 0 spiro atoms. The molecule has 0 amide bonds. The Labute approximate surface area is 209 Å². The highest BCUT2D eigenvalue weighted by atomic mass is 32.2. The number of sulfonamides is 1. The van der Waals surface area contributed by atoms with Gasteiger partial charge in [0.2, 0.25) is 0 Å². The van der Waals surface area contributed by atoms with Gasteiger partial charge in [-0.2, -0.15) is 0 Å². The fourth-order valence-corrected chi connectivity index (χ4v) is 3.80. The maximum absolute atomic E-state index is 12.7. The van der Waals surface area contributed by atoms with Crippen LogP contribution in [0.3, 0.4) is 0 Å². The molecular weight excluding hydrogens is 484 g/mol. The first kappa shape index (κ1) is 26.2. The first-order valence-corrected chi connectivity index (χ1v) is 12.2. The SMILES string of the molecule is CC(C)(C)C(=O)Oc1ccc(S(=O)(=O)Nc2ccc(OC(=O)c3ccc(N=C(N)N)cc3)cc2)cc1. The normalized spacial score (nSPS) is 11.3. The van der Waals surface area contributed by atoms with Gasteiger partial charge >= 0.3 is 11.9 Å². The summed E-state index contributed by atoms with van der Waals surface area (Å²) < 4.78 is 38.4. The van der Waals surface area contributed by atoms with Crippen LogP contribution in [0.25, 0.3) is 0 Å². The molecule has 0 bridgehead atoms. The predicted molar refractivity (Wildman–Crippen MR) is 136 cm³/mol. The van der Waals surface area contributed by atoms with E-state index >= 15 is 0 Å². The lowest BCUT2D eigenvalue weighted by Gasteiger charge is -2.16. The Morgan fingerprint density at radius 1 is 0.806 bits per heavy atom. The second kappa shape index (κ2) is 10.5. The standard InChI is InChI=1S/C25H26N4O6S/c1-25(2,3)23(31)35-20-12-14-21(15-13-20)36(32,33)29-18-8-10-19(11-9-18)34-22(30)16-4-6-17(7-5-16)28-24(26)27/h4-15,29H,1-3H3,(H4,26,27,28). The minimum absolute atomic E-state index is 0.0160. The van der Waals surface area contributed by atoms with Crippen molar-refractivity contribution >= 4 is 39.3 Å². The molecule has 188 valence electrons. The summed E-state index contributed by atoms with van der Waals surface area (Å²) in [4.78, 5) is 28.2. The lowest BCUT2D eigenvalue weighted by Crippen LogP contribution is -2.25. The number of benzene rings is 3. The summed E-state index contributed by atoms with van der Waals surface area (Å²) in [7, 11) is -3.91. The number of rotatable bonds is 7. The molecule has 36 heavy (non-hydrogen) atoms. The Bertz CT molecular complexity index is 1370. The number of hydrogen-bond acceptors (Lipinski definition) is 7. The van der Waals surface area contributed by atoms with Crippen molar-refractivity contribution in [2.24, 2.45) is 21.9 Å². The van der Waals surface area contributed by atoms with E-state index in [9.17, 15) is 18.0 Å². The van der Waals surface area contributed by atoms with Gasteiger partial charge in [-0.3, -0.25) is 9.52 Å². The van der Waals surface area contributed by atoms with Crippen molar-refractivity contribution in [1.82, 2.24) is 0 Å². The van der Waals surface area contributed by atoms with Crippen LogP contribution in [-0.4, -0.2) is 26.3 Å². The third kappa shape index (κ3) is 7.06. The quantitative estimate of drug-likeness (QED) is 0.188. The predicted octanol–water partition coefficient (Wildman–Crippen LogP) is 3.56. The summed E-state index contributed by atoms with van der Waals surface area (Å²) >= 11 is 0. The van der Waals surface area contributed by atoms with Crippen LogP contribution in [-0.2, 0) is 14.8 Å². The average molecular weight is 511 g/mol. The van der Waals surface area contributed by atoms with Crippen LogP contribution in [0.15, 0.2) is 82.7 Å². The van der Waals surface area contributed by atoms with Gasteiger partial charge < -0.3 is 20.9 Å². The van der Waals surface area contributed by atoms with Crippen LogP contribution in [0.4, 0.5) is 11.4 Å². The van der Waals surface area contributed by atoms with Crippen molar-refractivity contribution in [3.8, 4) is 11.5 Å². The third-order valence-corrected chi connectivity index (χ3v) is 6.03. The molecule has 0 atom stereocenters. The minimum atomic E-state index is -3.91. The lowest BCUT2D eigenvalue weighted by molar-refractivity contribution is -0.143. The van der Waals surface area contributed by atoms with E-state index < -0.39 is 27.4 Å². The van der Waals surface area contributed by atoms with E-state index in [4.69, 9.17) is 20.9 Å². The Morgan fingerprint density at radius 3 is 1.86 bits per heavy atom. The summed E-state index contributed by atoms with van der Waals surface area (Å²) in [6.07, 6.45) is 0. The number of ether oxygens (including phenoxy) is 2. The van der Waals surface area contributed by atoms with Crippen LogP contribution in [0.2, 0.25) is 0 Å². The van der Waals surface area contributed by atoms with E-state index in [-0.39, 0.29) is 33.6 Å². The smallest absolute Gasteiger partial charge is 0.343 e. The van der Waals surface area contributed by atoms with Gasteiger partial charge in [-0.15, -0.1) is 0 Å². The van der Waals surface area contributed by atoms with E-state index in [1.54, 1.807) is 32.9 Å². The number of carbonyl (C=O) groups is 2. The largest absolute Gasteiger partial charge is 0.426 e. The maximum atomic E-state index is 12.7. The molecule has 10 nitrogen and oxygen atoms in total. The summed E-state index contributed by atoms with van der Waals surface area (Å²) in [5, 5.41) is 0. The number of carbonyl (C=O) groups excluding carboxylic acids is 2. The lowest BCUT2D eigenvalue weighted by atomic mass is 9.97. The van der Waals surface area contributed by atoms with E-state index in [0.717, 1.165) is 0 Å². The van der Waals surface area contributed by atoms with Crippen LogP contribution >= 0.6 is 0 Å². The van der Waals surface area contributed by atoms with Gasteiger partial charge in [0, 0.05) is 5.69 Å². The Kier molecular flexibility index (Phi) is 7.64. The van der Waals surface area contributed by atoms with E-state index in [2.05, 4.69) is 9.71 Å². The van der Waals surface area contributed by atoms with Crippen molar-refractivity contribution in [3.63, 3.8) is 0 Å². The van der Waals surface area contributed by atoms with E-state index in [0.29, 0.717) is 5.69 Å². The zero-order chi connectivity index (χ0) is 26.5. The number of esters is 2. The molecule has 0 fully saturated rings. The van der Waals surface area contributed by atoms with Gasteiger partial charge in [-0.1, -0.05) is 0 Å². The summed E-state index contributed by atoms with van der Waals surface area (Å²) in [6, 6.07) is 17.5. The summed E-state index contributed by atoms with van der Waals surface area (Å²) in [6.45, 7) is 5.16. The van der Waals surface area contributed by atoms with Gasteiger partial charge in [0.1, 0.15) is 11.5 Å². The Morgan fingerprint density at radius 2 is 1.33 bits per heavy atom. The molecule has 3 aromatic carbocycles. The molecular formula is C25H26N4O6S. The third-order valence-electron chi connectivity index (χ3n) is 4.64. The molecule has 0 saturated carbocycles. The number of anilines is 1. The molecule has 0 unspecified atom stereocenters. The molecule has 0 aliphatic rings. The van der Waals surface area contributed by atoms with Crippen LogP contribution < -0.4 is 25.7 Å². The van der Waals surface area contributed by atoms with Gasteiger partial charge in [-0.05, 0) is 93.6 Å². The fourth-order valence-electron chi connectivity index (χ4n) is 2.74. The van der Waals surface area contributed by atoms with Crippen molar-refractivity contribution in [3.05, 3.63) is 78.4 Å². The first-order chi connectivity index (χ1) is 16.8. The molecule has 0 aliphatic heterocycles. The second-order valence-electron chi connectivity index (χ2n) is 8.71. The van der Waals surface area contributed by atoms with Crippen molar-refractivity contribution in [1.29, 1.82) is 0 Å². The van der Waals surface area contributed by atoms with Crippen molar-refractivity contribution < 1.29 is 27.5 Å². The van der Waals surface area contributed by atoms with Crippen molar-refractivity contribution in [2.75, 3.05) is 4.72 Å². The highest BCUT2D eigenvalue weighted by Crippen LogP contribution is 2.24. The molecule has 0 aromatic heterocycles. The van der Waals surface area contributed by atoms with Gasteiger partial charge in [-0.25, -0.2) is 18.2 Å². The molecule has 0 heterocycles. The number of aliphatic imine (C=N–C) groups is 1. The highest BCUT2D eigenvalue weighted by molar-refractivity contribution is 7.92. The summed E-state index contributed by atoms with van der Waals surface area (Å²) in [5.74, 6) is -0.668. The van der Waals surface area contributed by atoms with Crippen LogP contribution in [0.5, 0.6) is 11.5 Å². The number of guanidine groups is 1. The Balaban J connectivity index is 1.62. The number of nitrogens with two attached hydrogens (primary N) is 2. The zero-order valence-corrected chi connectivity index (χ0v) is 20.7. The highest BCUT2D eigenvalue weighted by Gasteiger charge is 2.24. The first-order valence-electron chi connectivity index (χ1n) is 10.7. The number of hydrogen-bond donors (Lipinski definition) is 3. The molecule has 11 heteroatoms. The molecule has 5 N–H and O–H groups in total. The molecule has 3 rings (SSSR count). The minimum Gasteiger partial charge on any atom is -0.426 e. The molecule has 0 aliphatic carbocycles. The van der Waals surface area contributed by atoms with Crippen LogP contribution in [0.1, 0.15) is 31.1 Å². The van der Waals surface area contributed by atoms with E-state index in [1.807, 2.05) is 0 Å². The van der Waals surface area contributed by atoms with Gasteiger partial charge in [0.15, 0.2) is 5.96 Å². The van der Waals surface area contributed by atoms with Crippen LogP contribution in [0, 0.1) is 5.41 Å². The van der Waals surface area contributed by atoms with E-state index in [1.165, 1.54) is 60.7 Å². The molecule has 0 saturated heterocycles. The second-order valence-corrected chi connectivity index (χ2v) is 10.4. The number of nitrogens with zero attached hydrogens (tertiary/aromatic N) is 1. The van der Waals surface area contributed by atoms with Gasteiger partial charge in [0.05, 0.1) is 21.6 Å². The monoisotopic (exact) mass is 510 g/mol. The maximum Gasteiger partial charge on any atom is 0.343 e. The number of nitrogens with one attached hydrogen (secondary N) is 1. The van der Waals surface area contributed by atoms with Crippen molar-refractivity contribution in [2.45, 2.75) is 25.7 Å². The van der Waals surface area contributed by atoms with Gasteiger partial charge in [0.25, 0.3) is 10.0 Å². The topological polar surface area (TPSA) is 163 Å². The Hall–Kier alpha value is -4.38. The molecule has 3 aromatic rings. The summed E-state index contributed by atoms with van der Waals surface area (Å²) in [5.41, 5.74) is 11.0. The zero-order valence-electron chi connectivity index (χ0n) is 19.9. The average Bonchev–Trinajstić information content (AvgIpc) is 2.80. The fraction of sp³-hybridized carbons (Fsp3) is 0.160.